The Morgan fingerprint density at radius 2 is 2.00 bits per heavy atom. The molecule has 0 aliphatic carbocycles. The summed E-state index contributed by atoms with van der Waals surface area (Å²) in [6, 6.07) is 8.93. The predicted molar refractivity (Wildman–Crippen MR) is 68.7 cm³/mol. The summed E-state index contributed by atoms with van der Waals surface area (Å²) in [5, 5.41) is 3.54. The number of benzene rings is 1. The van der Waals surface area contributed by atoms with E-state index in [4.69, 9.17) is 4.74 Å². The second kappa shape index (κ2) is 7.42. The van der Waals surface area contributed by atoms with Gasteiger partial charge in [-0.3, -0.25) is 0 Å². The summed E-state index contributed by atoms with van der Waals surface area (Å²) in [7, 11) is 1.76. The van der Waals surface area contributed by atoms with Crippen molar-refractivity contribution in [2.45, 2.75) is 32.7 Å². The van der Waals surface area contributed by atoms with Crippen molar-refractivity contribution in [1.82, 2.24) is 5.32 Å². The van der Waals surface area contributed by atoms with Crippen molar-refractivity contribution in [3.63, 3.8) is 0 Å². The number of rotatable bonds is 7. The Hall–Kier alpha value is -0.860. The van der Waals surface area contributed by atoms with Crippen LogP contribution < -0.4 is 5.32 Å². The first-order valence-electron chi connectivity index (χ1n) is 6.13. The molecule has 1 N–H and O–H groups in total. The number of methoxy groups -OCH3 is 1. The Labute approximate surface area is 99.0 Å². The summed E-state index contributed by atoms with van der Waals surface area (Å²) in [5.74, 6) is 0. The molecule has 0 aliphatic heterocycles. The molecule has 90 valence electrons. The van der Waals surface area contributed by atoms with Gasteiger partial charge in [0.25, 0.3) is 0 Å². The summed E-state index contributed by atoms with van der Waals surface area (Å²) in [4.78, 5) is 0. The molecule has 1 aromatic rings. The van der Waals surface area contributed by atoms with E-state index >= 15 is 0 Å². The van der Waals surface area contributed by atoms with Gasteiger partial charge in [-0.25, -0.2) is 0 Å². The Kier molecular flexibility index (Phi) is 6.12. The number of aryl methyl sites for hydroxylation is 1. The first-order chi connectivity index (χ1) is 7.83. The standard InChI is InChI=1S/C14H23NO/c1-4-10-15-14(11-16-3)13-9-7-6-8-12(13)5-2/h6-9,14-15H,4-5,10-11H2,1-3H3. The van der Waals surface area contributed by atoms with Gasteiger partial charge < -0.3 is 10.1 Å². The van der Waals surface area contributed by atoms with Gasteiger partial charge in [-0.2, -0.15) is 0 Å². The zero-order valence-corrected chi connectivity index (χ0v) is 10.6. The van der Waals surface area contributed by atoms with Gasteiger partial charge in [-0.15, -0.1) is 0 Å². The second-order valence-corrected chi connectivity index (χ2v) is 4.01. The maximum Gasteiger partial charge on any atom is 0.0657 e. The topological polar surface area (TPSA) is 21.3 Å². The monoisotopic (exact) mass is 221 g/mol. The molecule has 0 spiro atoms. The molecule has 0 heterocycles. The van der Waals surface area contributed by atoms with E-state index < -0.39 is 0 Å². The van der Waals surface area contributed by atoms with Crippen molar-refractivity contribution in [1.29, 1.82) is 0 Å². The maximum absolute atomic E-state index is 5.29. The number of hydrogen-bond donors (Lipinski definition) is 1. The van der Waals surface area contributed by atoms with Crippen molar-refractivity contribution in [2.24, 2.45) is 0 Å². The number of nitrogens with one attached hydrogen (secondary N) is 1. The summed E-state index contributed by atoms with van der Waals surface area (Å²) in [5.41, 5.74) is 2.79. The van der Waals surface area contributed by atoms with Crippen LogP contribution >= 0.6 is 0 Å². The van der Waals surface area contributed by atoms with Crippen LogP contribution in [0.2, 0.25) is 0 Å². The van der Waals surface area contributed by atoms with E-state index in [-0.39, 0.29) is 0 Å². The van der Waals surface area contributed by atoms with Crippen LogP contribution in [0.4, 0.5) is 0 Å². The van der Waals surface area contributed by atoms with Crippen LogP contribution in [0.1, 0.15) is 37.4 Å². The molecule has 1 unspecified atom stereocenters. The molecular formula is C14H23NO. The minimum atomic E-state index is 0.320. The molecule has 1 aromatic carbocycles. The molecule has 0 saturated carbocycles. The highest BCUT2D eigenvalue weighted by molar-refractivity contribution is 5.30. The molecule has 16 heavy (non-hydrogen) atoms. The van der Waals surface area contributed by atoms with Crippen molar-refractivity contribution < 1.29 is 4.74 Å². The van der Waals surface area contributed by atoms with Crippen LogP contribution in [0.5, 0.6) is 0 Å². The second-order valence-electron chi connectivity index (χ2n) is 4.01. The Bertz CT molecular complexity index is 299. The first-order valence-corrected chi connectivity index (χ1v) is 6.13. The molecule has 0 radical (unpaired) electrons. The molecule has 0 amide bonds. The van der Waals surface area contributed by atoms with Crippen molar-refractivity contribution >= 4 is 0 Å². The third-order valence-corrected chi connectivity index (χ3v) is 2.79. The lowest BCUT2D eigenvalue weighted by Crippen LogP contribution is -2.26. The van der Waals surface area contributed by atoms with Crippen LogP contribution in [-0.4, -0.2) is 20.3 Å². The number of hydrogen-bond acceptors (Lipinski definition) is 2. The molecule has 1 rings (SSSR count). The van der Waals surface area contributed by atoms with Crippen LogP contribution in [0.25, 0.3) is 0 Å². The van der Waals surface area contributed by atoms with Gasteiger partial charge in [0.15, 0.2) is 0 Å². The highest BCUT2D eigenvalue weighted by Crippen LogP contribution is 2.19. The third-order valence-electron chi connectivity index (χ3n) is 2.79. The fraction of sp³-hybridized carbons (Fsp3) is 0.571. The van der Waals surface area contributed by atoms with Gasteiger partial charge in [-0.05, 0) is 30.5 Å². The molecule has 2 heteroatoms. The number of ether oxygens (including phenoxy) is 1. The molecule has 2 nitrogen and oxygen atoms in total. The average molecular weight is 221 g/mol. The highest BCUT2D eigenvalue weighted by atomic mass is 16.5. The summed E-state index contributed by atoms with van der Waals surface area (Å²) < 4.78 is 5.29. The quantitative estimate of drug-likeness (QED) is 0.764. The van der Waals surface area contributed by atoms with Crippen LogP contribution in [0.15, 0.2) is 24.3 Å². The Balaban J connectivity index is 2.81. The average Bonchev–Trinajstić information content (AvgIpc) is 2.34. The molecule has 0 saturated heterocycles. The summed E-state index contributed by atoms with van der Waals surface area (Å²) >= 11 is 0. The van der Waals surface area contributed by atoms with Crippen LogP contribution in [-0.2, 0) is 11.2 Å². The first kappa shape index (κ1) is 13.2. The van der Waals surface area contributed by atoms with Crippen LogP contribution in [0, 0.1) is 0 Å². The molecule has 0 aromatic heterocycles. The normalized spacial score (nSPS) is 12.7. The van der Waals surface area contributed by atoms with E-state index in [0.717, 1.165) is 26.0 Å². The van der Waals surface area contributed by atoms with Crippen molar-refractivity contribution in [3.05, 3.63) is 35.4 Å². The molecule has 1 atom stereocenters. The van der Waals surface area contributed by atoms with E-state index in [2.05, 4.69) is 43.4 Å². The van der Waals surface area contributed by atoms with Gasteiger partial charge in [-0.1, -0.05) is 38.1 Å². The zero-order chi connectivity index (χ0) is 11.8. The van der Waals surface area contributed by atoms with Crippen molar-refractivity contribution in [2.75, 3.05) is 20.3 Å². The Morgan fingerprint density at radius 3 is 2.62 bits per heavy atom. The third kappa shape index (κ3) is 3.62. The smallest absolute Gasteiger partial charge is 0.0657 e. The van der Waals surface area contributed by atoms with E-state index in [1.54, 1.807) is 7.11 Å². The molecule has 0 aliphatic rings. The van der Waals surface area contributed by atoms with Gasteiger partial charge >= 0.3 is 0 Å². The van der Waals surface area contributed by atoms with Gasteiger partial charge in [0.1, 0.15) is 0 Å². The lowest BCUT2D eigenvalue weighted by Gasteiger charge is -2.20. The lowest BCUT2D eigenvalue weighted by atomic mass is 9.99. The van der Waals surface area contributed by atoms with E-state index in [9.17, 15) is 0 Å². The Morgan fingerprint density at radius 1 is 1.25 bits per heavy atom. The van der Waals surface area contributed by atoms with E-state index in [1.807, 2.05) is 0 Å². The molecular weight excluding hydrogens is 198 g/mol. The van der Waals surface area contributed by atoms with Gasteiger partial charge in [0.05, 0.1) is 12.6 Å². The highest BCUT2D eigenvalue weighted by Gasteiger charge is 2.12. The van der Waals surface area contributed by atoms with Gasteiger partial charge in [0.2, 0.25) is 0 Å². The molecule has 0 bridgehead atoms. The summed E-state index contributed by atoms with van der Waals surface area (Å²) in [6.45, 7) is 6.15. The fourth-order valence-corrected chi connectivity index (χ4v) is 1.94. The predicted octanol–water partition coefficient (Wildman–Crippen LogP) is 2.94. The fourth-order valence-electron chi connectivity index (χ4n) is 1.94. The SMILES string of the molecule is CCCNC(COC)c1ccccc1CC. The lowest BCUT2D eigenvalue weighted by molar-refractivity contribution is 0.166. The van der Waals surface area contributed by atoms with E-state index in [1.165, 1.54) is 11.1 Å². The minimum Gasteiger partial charge on any atom is -0.383 e. The maximum atomic E-state index is 5.29. The summed E-state index contributed by atoms with van der Waals surface area (Å²) in [6.07, 6.45) is 2.22. The molecule has 0 fully saturated rings. The van der Waals surface area contributed by atoms with Gasteiger partial charge in [0, 0.05) is 7.11 Å². The largest absolute Gasteiger partial charge is 0.383 e. The minimum absolute atomic E-state index is 0.320. The van der Waals surface area contributed by atoms with Crippen LogP contribution in [0.3, 0.4) is 0 Å². The van der Waals surface area contributed by atoms with E-state index in [0.29, 0.717) is 6.04 Å². The van der Waals surface area contributed by atoms with Crippen molar-refractivity contribution in [3.8, 4) is 0 Å². The zero-order valence-electron chi connectivity index (χ0n) is 10.6.